The lowest BCUT2D eigenvalue weighted by Crippen LogP contribution is -2.40. The van der Waals surface area contributed by atoms with Crippen LogP contribution in [-0.2, 0) is 4.79 Å². The highest BCUT2D eigenvalue weighted by atomic mass is 19.1. The molecule has 3 aliphatic carbocycles. The number of halogens is 2. The molecule has 0 bridgehead atoms. The van der Waals surface area contributed by atoms with Crippen molar-refractivity contribution < 1.29 is 18.3 Å². The van der Waals surface area contributed by atoms with Gasteiger partial charge in [-0.25, -0.2) is 8.78 Å². The zero-order valence-corrected chi connectivity index (χ0v) is 19.2. The van der Waals surface area contributed by atoms with Crippen molar-refractivity contribution in [2.45, 2.75) is 90.9 Å². The minimum Gasteiger partial charge on any atom is -0.426 e. The van der Waals surface area contributed by atoms with Crippen molar-refractivity contribution in [3.05, 3.63) is 29.3 Å². The van der Waals surface area contributed by atoms with E-state index in [1.165, 1.54) is 64.7 Å². The van der Waals surface area contributed by atoms with Gasteiger partial charge in [-0.2, -0.15) is 0 Å². The Kier molecular flexibility index (Phi) is 7.33. The largest absolute Gasteiger partial charge is 0.426 e. The number of hydrogen-bond acceptors (Lipinski definition) is 2. The van der Waals surface area contributed by atoms with Gasteiger partial charge < -0.3 is 4.74 Å². The molecule has 3 fully saturated rings. The van der Waals surface area contributed by atoms with Gasteiger partial charge in [0.2, 0.25) is 0 Å². The van der Waals surface area contributed by atoms with Crippen LogP contribution in [0.2, 0.25) is 0 Å². The highest BCUT2D eigenvalue weighted by Crippen LogP contribution is 2.50. The minimum absolute atomic E-state index is 0.00903. The quantitative estimate of drug-likeness (QED) is 0.353. The summed E-state index contributed by atoms with van der Waals surface area (Å²) in [7, 11) is 0. The van der Waals surface area contributed by atoms with Crippen LogP contribution in [0.4, 0.5) is 8.78 Å². The molecule has 31 heavy (non-hydrogen) atoms. The Labute approximate surface area is 186 Å². The first-order valence-electron chi connectivity index (χ1n) is 12.6. The first-order chi connectivity index (χ1) is 15.0. The second-order valence-corrected chi connectivity index (χ2v) is 10.5. The van der Waals surface area contributed by atoms with Crippen LogP contribution in [0.3, 0.4) is 0 Å². The lowest BCUT2D eigenvalue weighted by Gasteiger charge is -2.46. The molecule has 2 nitrogen and oxygen atoms in total. The second-order valence-electron chi connectivity index (χ2n) is 10.5. The summed E-state index contributed by atoms with van der Waals surface area (Å²) in [6.45, 7) is 3.68. The van der Waals surface area contributed by atoms with E-state index in [1.807, 2.05) is 0 Å². The fourth-order valence-electron chi connectivity index (χ4n) is 6.95. The smallest absolute Gasteiger partial charge is 0.314 e. The summed E-state index contributed by atoms with van der Waals surface area (Å²) in [4.78, 5) is 12.9. The second kappa shape index (κ2) is 10.0. The monoisotopic (exact) mass is 432 g/mol. The van der Waals surface area contributed by atoms with Gasteiger partial charge in [0.05, 0.1) is 5.92 Å². The van der Waals surface area contributed by atoms with E-state index in [4.69, 9.17) is 4.74 Å². The summed E-state index contributed by atoms with van der Waals surface area (Å²) >= 11 is 0. The Morgan fingerprint density at radius 1 is 0.935 bits per heavy atom. The van der Waals surface area contributed by atoms with Gasteiger partial charge >= 0.3 is 5.97 Å². The van der Waals surface area contributed by atoms with Gasteiger partial charge in [0, 0.05) is 17.7 Å². The Balaban J connectivity index is 1.35. The number of fused-ring (bicyclic) bond motifs is 1. The molecule has 1 aromatic carbocycles. The van der Waals surface area contributed by atoms with E-state index >= 15 is 0 Å². The maximum absolute atomic E-state index is 13.9. The molecule has 0 heterocycles. The molecule has 3 aliphatic rings. The molecule has 1 aromatic rings. The number of hydrogen-bond donors (Lipinski definition) is 0. The molecule has 0 radical (unpaired) electrons. The molecular formula is C27H38F2O2. The fraction of sp³-hybridized carbons (Fsp3) is 0.741. The summed E-state index contributed by atoms with van der Waals surface area (Å²) in [6, 6.07) is 2.25. The molecule has 0 spiro atoms. The average Bonchev–Trinajstić information content (AvgIpc) is 2.77. The van der Waals surface area contributed by atoms with Crippen molar-refractivity contribution in [1.29, 1.82) is 0 Å². The Hall–Kier alpha value is -1.45. The van der Waals surface area contributed by atoms with Crippen LogP contribution in [0.25, 0.3) is 0 Å². The van der Waals surface area contributed by atoms with Gasteiger partial charge in [0.15, 0.2) is 0 Å². The third-order valence-electron chi connectivity index (χ3n) is 8.72. The van der Waals surface area contributed by atoms with Gasteiger partial charge in [-0.3, -0.25) is 4.79 Å². The van der Waals surface area contributed by atoms with Crippen molar-refractivity contribution in [3.8, 4) is 5.75 Å². The molecule has 172 valence electrons. The number of benzene rings is 1. The third kappa shape index (κ3) is 5.14. The molecule has 0 aromatic heterocycles. The topological polar surface area (TPSA) is 26.3 Å². The van der Waals surface area contributed by atoms with Crippen LogP contribution >= 0.6 is 0 Å². The van der Waals surface area contributed by atoms with E-state index < -0.39 is 11.6 Å². The van der Waals surface area contributed by atoms with E-state index in [0.717, 1.165) is 49.1 Å². The summed E-state index contributed by atoms with van der Waals surface area (Å²) in [6.07, 6.45) is 15.0. The normalized spacial score (nSPS) is 33.5. The first kappa shape index (κ1) is 22.7. The summed E-state index contributed by atoms with van der Waals surface area (Å²) in [5.41, 5.74) is -0.0421. The van der Waals surface area contributed by atoms with Crippen LogP contribution in [0, 0.1) is 54.1 Å². The van der Waals surface area contributed by atoms with E-state index in [1.54, 1.807) is 0 Å². The van der Waals surface area contributed by atoms with Crippen LogP contribution in [-0.4, -0.2) is 5.97 Å². The molecule has 0 saturated heterocycles. The van der Waals surface area contributed by atoms with Crippen LogP contribution in [0.1, 0.15) is 89.5 Å². The Morgan fingerprint density at radius 2 is 1.61 bits per heavy atom. The molecular weight excluding hydrogens is 394 g/mol. The highest BCUT2D eigenvalue weighted by Gasteiger charge is 2.43. The molecule has 4 rings (SSSR count). The number of ether oxygens (including phenoxy) is 1. The van der Waals surface area contributed by atoms with E-state index in [0.29, 0.717) is 11.8 Å². The summed E-state index contributed by atoms with van der Waals surface area (Å²) in [5, 5.41) is 0. The first-order valence-corrected chi connectivity index (χ1v) is 12.6. The molecule has 3 saturated carbocycles. The molecule has 0 N–H and O–H groups in total. The third-order valence-corrected chi connectivity index (χ3v) is 8.72. The number of esters is 1. The van der Waals surface area contributed by atoms with Crippen LogP contribution in [0.15, 0.2) is 12.1 Å². The maximum Gasteiger partial charge on any atom is 0.314 e. The van der Waals surface area contributed by atoms with Gasteiger partial charge in [0.1, 0.15) is 17.4 Å². The lowest BCUT2D eigenvalue weighted by molar-refractivity contribution is -0.144. The van der Waals surface area contributed by atoms with Gasteiger partial charge in [-0.15, -0.1) is 0 Å². The van der Waals surface area contributed by atoms with E-state index in [-0.39, 0.29) is 23.2 Å². The lowest BCUT2D eigenvalue weighted by atomic mass is 9.59. The molecule has 0 amide bonds. The van der Waals surface area contributed by atoms with Gasteiger partial charge in [0.25, 0.3) is 0 Å². The highest BCUT2D eigenvalue weighted by molar-refractivity contribution is 5.75. The Bertz CT molecular complexity index is 745. The SMILES string of the molecule is CCCC1CCC(C2CCC3C(CCCC3C(=O)Oc3cc(F)c(C)c(F)c3)C2)CC1. The maximum atomic E-state index is 13.9. The average molecular weight is 433 g/mol. The van der Waals surface area contributed by atoms with Crippen molar-refractivity contribution in [2.75, 3.05) is 0 Å². The standard InChI is InChI=1S/C27H38F2O2/c1-3-5-18-8-10-19(11-9-18)20-12-13-23-21(14-20)6-4-7-24(23)27(30)31-22-15-25(28)17(2)26(29)16-22/h15-16,18-21,23-24H,3-14H2,1-2H3. The van der Waals surface area contributed by atoms with E-state index in [9.17, 15) is 13.6 Å². The summed E-state index contributed by atoms with van der Waals surface area (Å²) in [5.74, 6) is 1.84. The van der Waals surface area contributed by atoms with Gasteiger partial charge in [-0.1, -0.05) is 45.4 Å². The van der Waals surface area contributed by atoms with Crippen molar-refractivity contribution in [2.24, 2.45) is 35.5 Å². The molecule has 4 heteroatoms. The van der Waals surface area contributed by atoms with Crippen LogP contribution in [0.5, 0.6) is 5.75 Å². The molecule has 4 atom stereocenters. The number of carbonyl (C=O) groups is 1. The van der Waals surface area contributed by atoms with Crippen molar-refractivity contribution in [3.63, 3.8) is 0 Å². The number of carbonyl (C=O) groups excluding carboxylic acids is 1. The Morgan fingerprint density at radius 3 is 2.29 bits per heavy atom. The molecule has 4 unspecified atom stereocenters. The minimum atomic E-state index is -0.668. The van der Waals surface area contributed by atoms with Crippen molar-refractivity contribution >= 4 is 5.97 Å². The fourth-order valence-corrected chi connectivity index (χ4v) is 6.95. The zero-order chi connectivity index (χ0) is 22.0. The predicted octanol–water partition coefficient (Wildman–Crippen LogP) is 7.62. The van der Waals surface area contributed by atoms with Crippen LogP contribution < -0.4 is 4.74 Å². The van der Waals surface area contributed by atoms with Crippen molar-refractivity contribution in [1.82, 2.24) is 0 Å². The van der Waals surface area contributed by atoms with E-state index in [2.05, 4.69) is 6.92 Å². The molecule has 0 aliphatic heterocycles. The summed E-state index contributed by atoms with van der Waals surface area (Å²) < 4.78 is 33.2. The van der Waals surface area contributed by atoms with Gasteiger partial charge in [-0.05, 0) is 75.0 Å². The zero-order valence-electron chi connectivity index (χ0n) is 19.2. The predicted molar refractivity (Wildman–Crippen MR) is 119 cm³/mol. The number of rotatable bonds is 5.